The van der Waals surface area contributed by atoms with Gasteiger partial charge in [0.15, 0.2) is 0 Å². The monoisotopic (exact) mass is 204 g/mol. The Morgan fingerprint density at radius 3 is 2.87 bits per heavy atom. The average Bonchev–Trinajstić information content (AvgIpc) is 2.22. The highest BCUT2D eigenvalue weighted by Gasteiger charge is 2.16. The highest BCUT2D eigenvalue weighted by Crippen LogP contribution is 2.25. The Kier molecular flexibility index (Phi) is 3.62. The molecule has 1 aliphatic carbocycles. The molecule has 0 saturated heterocycles. The molecule has 0 atom stereocenters. The van der Waals surface area contributed by atoms with Crippen LogP contribution in [0.15, 0.2) is 24.3 Å². The Bertz CT molecular complexity index is 305. The second kappa shape index (κ2) is 5.17. The maximum Gasteiger partial charge on any atom is 0.0340 e. The summed E-state index contributed by atoms with van der Waals surface area (Å²) in [7, 11) is 1.96. The third-order valence-electron chi connectivity index (χ3n) is 3.20. The van der Waals surface area contributed by atoms with E-state index in [1.807, 2.05) is 7.05 Å². The van der Waals surface area contributed by atoms with Gasteiger partial charge in [-0.05, 0) is 43.0 Å². The Morgan fingerprint density at radius 2 is 2.20 bits per heavy atom. The van der Waals surface area contributed by atoms with Gasteiger partial charge in [0.2, 0.25) is 0 Å². The van der Waals surface area contributed by atoms with E-state index in [9.17, 15) is 0 Å². The van der Waals surface area contributed by atoms with Crippen molar-refractivity contribution >= 4 is 5.69 Å². The maximum absolute atomic E-state index is 3.53. The van der Waals surface area contributed by atoms with Crippen LogP contribution in [0, 0.1) is 5.92 Å². The number of hydrogen-bond acceptors (Lipinski definition) is 2. The Morgan fingerprint density at radius 1 is 1.33 bits per heavy atom. The average molecular weight is 204 g/mol. The third-order valence-corrected chi connectivity index (χ3v) is 3.20. The second-order valence-corrected chi connectivity index (χ2v) is 4.38. The van der Waals surface area contributed by atoms with Crippen LogP contribution < -0.4 is 10.6 Å². The van der Waals surface area contributed by atoms with E-state index in [2.05, 4.69) is 34.9 Å². The molecular formula is C13H20N2. The third kappa shape index (κ3) is 2.96. The van der Waals surface area contributed by atoms with E-state index < -0.39 is 0 Å². The van der Waals surface area contributed by atoms with Crippen molar-refractivity contribution in [3.63, 3.8) is 0 Å². The largest absolute Gasteiger partial charge is 0.388 e. The predicted octanol–water partition coefficient (Wildman–Crippen LogP) is 2.62. The molecule has 0 spiro atoms. The van der Waals surface area contributed by atoms with Crippen LogP contribution in [0.4, 0.5) is 5.69 Å². The minimum atomic E-state index is 0.942. The van der Waals surface area contributed by atoms with Crippen LogP contribution in [0.25, 0.3) is 0 Å². The minimum absolute atomic E-state index is 0.942. The second-order valence-electron chi connectivity index (χ2n) is 4.38. The summed E-state index contributed by atoms with van der Waals surface area (Å²) in [6, 6.07) is 8.57. The first kappa shape index (κ1) is 10.5. The van der Waals surface area contributed by atoms with Crippen molar-refractivity contribution < 1.29 is 0 Å². The van der Waals surface area contributed by atoms with Crippen molar-refractivity contribution in [3.05, 3.63) is 29.8 Å². The molecule has 0 radical (unpaired) electrons. The highest BCUT2D eigenvalue weighted by molar-refractivity contribution is 5.44. The van der Waals surface area contributed by atoms with E-state index in [4.69, 9.17) is 0 Å². The molecule has 2 rings (SSSR count). The highest BCUT2D eigenvalue weighted by atomic mass is 14.9. The van der Waals surface area contributed by atoms with Gasteiger partial charge in [0.05, 0.1) is 0 Å². The lowest BCUT2D eigenvalue weighted by Gasteiger charge is -2.25. The fourth-order valence-electron chi connectivity index (χ4n) is 1.95. The summed E-state index contributed by atoms with van der Waals surface area (Å²) in [6.07, 6.45) is 4.27. The SMILES string of the molecule is CNc1cccc(CNCC2CCC2)c1. The molecule has 0 heterocycles. The van der Waals surface area contributed by atoms with Gasteiger partial charge in [-0.25, -0.2) is 0 Å². The van der Waals surface area contributed by atoms with Gasteiger partial charge in [-0.1, -0.05) is 18.6 Å². The zero-order chi connectivity index (χ0) is 10.5. The zero-order valence-corrected chi connectivity index (χ0v) is 9.42. The summed E-state index contributed by atoms with van der Waals surface area (Å²) < 4.78 is 0. The number of anilines is 1. The van der Waals surface area contributed by atoms with Crippen LogP contribution >= 0.6 is 0 Å². The van der Waals surface area contributed by atoms with Gasteiger partial charge in [0.1, 0.15) is 0 Å². The zero-order valence-electron chi connectivity index (χ0n) is 9.42. The van der Waals surface area contributed by atoms with Crippen LogP contribution in [0.5, 0.6) is 0 Å². The van der Waals surface area contributed by atoms with E-state index in [-0.39, 0.29) is 0 Å². The van der Waals surface area contributed by atoms with Gasteiger partial charge in [0.25, 0.3) is 0 Å². The van der Waals surface area contributed by atoms with Crippen molar-refractivity contribution in [2.45, 2.75) is 25.8 Å². The van der Waals surface area contributed by atoms with Crippen molar-refractivity contribution in [2.24, 2.45) is 5.92 Å². The molecule has 0 amide bonds. The summed E-state index contributed by atoms with van der Waals surface area (Å²) in [4.78, 5) is 0. The van der Waals surface area contributed by atoms with Gasteiger partial charge >= 0.3 is 0 Å². The number of benzene rings is 1. The van der Waals surface area contributed by atoms with Crippen molar-refractivity contribution in [3.8, 4) is 0 Å². The molecule has 0 aromatic heterocycles. The summed E-state index contributed by atoms with van der Waals surface area (Å²) in [6.45, 7) is 2.18. The van der Waals surface area contributed by atoms with Crippen LogP contribution in [0.1, 0.15) is 24.8 Å². The lowest BCUT2D eigenvalue weighted by Crippen LogP contribution is -2.26. The molecule has 2 heteroatoms. The summed E-state index contributed by atoms with van der Waals surface area (Å²) >= 11 is 0. The lowest BCUT2D eigenvalue weighted by atomic mass is 9.85. The van der Waals surface area contributed by atoms with Gasteiger partial charge < -0.3 is 10.6 Å². The molecular weight excluding hydrogens is 184 g/mol. The number of hydrogen-bond donors (Lipinski definition) is 2. The first-order chi connectivity index (χ1) is 7.38. The van der Waals surface area contributed by atoms with Gasteiger partial charge in [-0.2, -0.15) is 0 Å². The van der Waals surface area contributed by atoms with Crippen molar-refractivity contribution in [1.29, 1.82) is 0 Å². The number of nitrogens with one attached hydrogen (secondary N) is 2. The van der Waals surface area contributed by atoms with E-state index in [0.717, 1.165) is 12.5 Å². The molecule has 1 aliphatic rings. The molecule has 15 heavy (non-hydrogen) atoms. The van der Waals surface area contributed by atoms with Gasteiger partial charge in [-0.15, -0.1) is 0 Å². The van der Waals surface area contributed by atoms with Crippen molar-refractivity contribution in [2.75, 3.05) is 18.9 Å². The molecule has 0 aliphatic heterocycles. The predicted molar refractivity (Wildman–Crippen MR) is 65.0 cm³/mol. The quantitative estimate of drug-likeness (QED) is 0.770. The smallest absolute Gasteiger partial charge is 0.0340 e. The molecule has 0 bridgehead atoms. The summed E-state index contributed by atoms with van der Waals surface area (Å²) in [5, 5.41) is 6.69. The molecule has 1 aromatic rings. The standard InChI is InChI=1S/C13H20N2/c1-14-13-7-3-6-12(8-13)10-15-9-11-4-2-5-11/h3,6-8,11,14-15H,2,4-5,9-10H2,1H3. The normalized spacial score (nSPS) is 16.1. The first-order valence-corrected chi connectivity index (χ1v) is 5.86. The minimum Gasteiger partial charge on any atom is -0.388 e. The molecule has 2 N–H and O–H groups in total. The fourth-order valence-corrected chi connectivity index (χ4v) is 1.95. The molecule has 1 fully saturated rings. The van der Waals surface area contributed by atoms with Crippen LogP contribution in [0.3, 0.4) is 0 Å². The number of rotatable bonds is 5. The first-order valence-electron chi connectivity index (χ1n) is 5.86. The maximum atomic E-state index is 3.53. The molecule has 1 aromatic carbocycles. The van der Waals surface area contributed by atoms with Gasteiger partial charge in [0, 0.05) is 19.3 Å². The molecule has 0 unspecified atom stereocenters. The Labute approximate surface area is 92.1 Å². The molecule has 82 valence electrons. The topological polar surface area (TPSA) is 24.1 Å². The summed E-state index contributed by atoms with van der Waals surface area (Å²) in [5.74, 6) is 0.942. The van der Waals surface area contributed by atoms with Crippen molar-refractivity contribution in [1.82, 2.24) is 5.32 Å². The Hall–Kier alpha value is -1.02. The van der Waals surface area contributed by atoms with E-state index in [0.29, 0.717) is 0 Å². The van der Waals surface area contributed by atoms with E-state index in [1.165, 1.54) is 37.1 Å². The Balaban J connectivity index is 1.76. The molecule has 1 saturated carbocycles. The van der Waals surface area contributed by atoms with Crippen LogP contribution in [-0.2, 0) is 6.54 Å². The van der Waals surface area contributed by atoms with E-state index >= 15 is 0 Å². The van der Waals surface area contributed by atoms with Gasteiger partial charge in [-0.3, -0.25) is 0 Å². The van der Waals surface area contributed by atoms with Crippen LogP contribution in [0.2, 0.25) is 0 Å². The lowest BCUT2D eigenvalue weighted by molar-refractivity contribution is 0.301. The fraction of sp³-hybridized carbons (Fsp3) is 0.538. The molecule has 2 nitrogen and oxygen atoms in total. The summed E-state index contributed by atoms with van der Waals surface area (Å²) in [5.41, 5.74) is 2.55. The van der Waals surface area contributed by atoms with E-state index in [1.54, 1.807) is 0 Å². The van der Waals surface area contributed by atoms with Crippen LogP contribution in [-0.4, -0.2) is 13.6 Å².